The van der Waals surface area contributed by atoms with Crippen LogP contribution >= 0.6 is 12.2 Å². The highest BCUT2D eigenvalue weighted by molar-refractivity contribution is 7.80. The van der Waals surface area contributed by atoms with Gasteiger partial charge in [-0.05, 0) is 13.8 Å². The van der Waals surface area contributed by atoms with E-state index in [1.807, 2.05) is 6.92 Å². The lowest BCUT2D eigenvalue weighted by Crippen LogP contribution is -2.17. The lowest BCUT2D eigenvalue weighted by molar-refractivity contribution is 1.08. The molecule has 2 heteroatoms. The standard InChI is InChI=1S/C6H9NS/c1-3-4-5-7-6(2)8/h5H2,1-2H3,(H,7,8). The van der Waals surface area contributed by atoms with E-state index in [-0.39, 0.29) is 0 Å². The Hall–Kier alpha value is -0.550. The van der Waals surface area contributed by atoms with E-state index in [2.05, 4.69) is 17.2 Å². The van der Waals surface area contributed by atoms with Crippen molar-refractivity contribution in [2.24, 2.45) is 0 Å². The van der Waals surface area contributed by atoms with Crippen LogP contribution in [0.3, 0.4) is 0 Å². The Balaban J connectivity index is 3.14. The maximum atomic E-state index is 4.73. The molecule has 0 saturated heterocycles. The fraction of sp³-hybridized carbons (Fsp3) is 0.500. The average molecular weight is 127 g/mol. The third-order valence-electron chi connectivity index (χ3n) is 0.602. The second kappa shape index (κ2) is 4.61. The van der Waals surface area contributed by atoms with Gasteiger partial charge in [0.05, 0.1) is 11.5 Å². The molecular formula is C6H9NS. The summed E-state index contributed by atoms with van der Waals surface area (Å²) in [5, 5.41) is 2.90. The van der Waals surface area contributed by atoms with Gasteiger partial charge in [0.15, 0.2) is 0 Å². The van der Waals surface area contributed by atoms with Gasteiger partial charge in [-0.3, -0.25) is 0 Å². The lowest BCUT2D eigenvalue weighted by Gasteiger charge is -1.92. The first-order chi connectivity index (χ1) is 3.77. The zero-order valence-corrected chi connectivity index (χ0v) is 5.93. The zero-order chi connectivity index (χ0) is 6.41. The van der Waals surface area contributed by atoms with Crippen molar-refractivity contribution >= 4 is 17.2 Å². The van der Waals surface area contributed by atoms with Gasteiger partial charge in [-0.2, -0.15) is 0 Å². The van der Waals surface area contributed by atoms with Crippen molar-refractivity contribution in [1.82, 2.24) is 5.32 Å². The van der Waals surface area contributed by atoms with Crippen LogP contribution in [0.4, 0.5) is 0 Å². The minimum atomic E-state index is 0.672. The van der Waals surface area contributed by atoms with E-state index in [0.717, 1.165) is 4.99 Å². The van der Waals surface area contributed by atoms with E-state index >= 15 is 0 Å². The summed E-state index contributed by atoms with van der Waals surface area (Å²) in [4.78, 5) is 0.799. The smallest absolute Gasteiger partial charge is 0.0770 e. The molecule has 0 rings (SSSR count). The van der Waals surface area contributed by atoms with E-state index in [9.17, 15) is 0 Å². The van der Waals surface area contributed by atoms with E-state index in [4.69, 9.17) is 12.2 Å². The van der Waals surface area contributed by atoms with Crippen LogP contribution in [0.5, 0.6) is 0 Å². The summed E-state index contributed by atoms with van der Waals surface area (Å²) in [5.74, 6) is 5.58. The Morgan fingerprint density at radius 1 is 1.75 bits per heavy atom. The predicted octanol–water partition coefficient (Wildman–Crippen LogP) is 0.947. The molecule has 8 heavy (non-hydrogen) atoms. The van der Waals surface area contributed by atoms with Gasteiger partial charge in [0, 0.05) is 0 Å². The largest absolute Gasteiger partial charge is 0.369 e. The van der Waals surface area contributed by atoms with Gasteiger partial charge in [-0.1, -0.05) is 18.1 Å². The number of hydrogen-bond donors (Lipinski definition) is 1. The topological polar surface area (TPSA) is 12.0 Å². The molecule has 0 heterocycles. The second-order valence-corrected chi connectivity index (χ2v) is 1.95. The molecule has 0 fully saturated rings. The minimum absolute atomic E-state index is 0.672. The van der Waals surface area contributed by atoms with Crippen molar-refractivity contribution in [1.29, 1.82) is 0 Å². The summed E-state index contributed by atoms with van der Waals surface area (Å²) in [6, 6.07) is 0. The van der Waals surface area contributed by atoms with Gasteiger partial charge in [0.2, 0.25) is 0 Å². The van der Waals surface area contributed by atoms with Crippen molar-refractivity contribution < 1.29 is 0 Å². The van der Waals surface area contributed by atoms with Crippen LogP contribution in [0.25, 0.3) is 0 Å². The second-order valence-electron chi connectivity index (χ2n) is 1.34. The highest BCUT2D eigenvalue weighted by atomic mass is 32.1. The quantitative estimate of drug-likeness (QED) is 0.415. The third kappa shape index (κ3) is 5.45. The van der Waals surface area contributed by atoms with Crippen LogP contribution in [0.1, 0.15) is 13.8 Å². The molecule has 0 aromatic carbocycles. The molecule has 0 bridgehead atoms. The molecule has 0 aliphatic heterocycles. The van der Waals surface area contributed by atoms with Gasteiger partial charge in [0.1, 0.15) is 0 Å². The van der Waals surface area contributed by atoms with Crippen molar-refractivity contribution in [3.05, 3.63) is 0 Å². The highest BCUT2D eigenvalue weighted by Gasteiger charge is 1.76. The van der Waals surface area contributed by atoms with Crippen LogP contribution in [0.15, 0.2) is 0 Å². The molecule has 44 valence electrons. The van der Waals surface area contributed by atoms with Crippen LogP contribution < -0.4 is 5.32 Å². The number of thiocarbonyl (C=S) groups is 1. The van der Waals surface area contributed by atoms with Gasteiger partial charge >= 0.3 is 0 Å². The Kier molecular flexibility index (Phi) is 4.29. The Morgan fingerprint density at radius 2 is 2.38 bits per heavy atom. The maximum Gasteiger partial charge on any atom is 0.0770 e. The van der Waals surface area contributed by atoms with Crippen molar-refractivity contribution in [3.63, 3.8) is 0 Å². The lowest BCUT2D eigenvalue weighted by atomic mass is 10.6. The maximum absolute atomic E-state index is 4.73. The number of hydrogen-bond acceptors (Lipinski definition) is 1. The zero-order valence-electron chi connectivity index (χ0n) is 5.12. The molecule has 1 nitrogen and oxygen atoms in total. The van der Waals surface area contributed by atoms with Crippen molar-refractivity contribution in [2.45, 2.75) is 13.8 Å². The fourth-order valence-electron chi connectivity index (χ4n) is 0.257. The van der Waals surface area contributed by atoms with E-state index in [1.54, 1.807) is 6.92 Å². The Bertz CT molecular complexity index is 129. The molecule has 0 aromatic heterocycles. The minimum Gasteiger partial charge on any atom is -0.369 e. The molecule has 0 spiro atoms. The van der Waals surface area contributed by atoms with Crippen LogP contribution in [-0.2, 0) is 0 Å². The number of nitrogens with one attached hydrogen (secondary N) is 1. The third-order valence-corrected chi connectivity index (χ3v) is 0.747. The SMILES string of the molecule is CC#CCNC(C)=S. The molecule has 0 saturated carbocycles. The van der Waals surface area contributed by atoms with Crippen LogP contribution in [0, 0.1) is 11.8 Å². The normalized spacial score (nSPS) is 6.75. The van der Waals surface area contributed by atoms with E-state index < -0.39 is 0 Å². The van der Waals surface area contributed by atoms with E-state index in [1.165, 1.54) is 0 Å². The molecule has 1 N–H and O–H groups in total. The van der Waals surface area contributed by atoms with Crippen molar-refractivity contribution in [3.8, 4) is 11.8 Å². The summed E-state index contributed by atoms with van der Waals surface area (Å²) in [6.45, 7) is 4.32. The molecule has 0 aromatic rings. The molecule has 0 atom stereocenters. The monoisotopic (exact) mass is 127 g/mol. The molecule has 0 unspecified atom stereocenters. The summed E-state index contributed by atoms with van der Waals surface area (Å²) in [6.07, 6.45) is 0. The Morgan fingerprint density at radius 3 is 2.75 bits per heavy atom. The van der Waals surface area contributed by atoms with E-state index in [0.29, 0.717) is 6.54 Å². The summed E-state index contributed by atoms with van der Waals surface area (Å²) in [7, 11) is 0. The van der Waals surface area contributed by atoms with Gasteiger partial charge in [-0.25, -0.2) is 0 Å². The van der Waals surface area contributed by atoms with Gasteiger partial charge in [0.25, 0.3) is 0 Å². The summed E-state index contributed by atoms with van der Waals surface area (Å²) >= 11 is 4.73. The van der Waals surface area contributed by atoms with Gasteiger partial charge < -0.3 is 5.32 Å². The fourth-order valence-corrected chi connectivity index (χ4v) is 0.329. The first kappa shape index (κ1) is 7.45. The van der Waals surface area contributed by atoms with Crippen molar-refractivity contribution in [2.75, 3.05) is 6.54 Å². The predicted molar refractivity (Wildman–Crippen MR) is 39.7 cm³/mol. The van der Waals surface area contributed by atoms with Crippen LogP contribution in [0.2, 0.25) is 0 Å². The van der Waals surface area contributed by atoms with Gasteiger partial charge in [-0.15, -0.1) is 5.92 Å². The first-order valence-corrected chi connectivity index (χ1v) is 2.82. The molecule has 0 aliphatic carbocycles. The molecular weight excluding hydrogens is 118 g/mol. The molecule has 0 aliphatic rings. The molecule has 0 amide bonds. The highest BCUT2D eigenvalue weighted by Crippen LogP contribution is 1.63. The summed E-state index contributed by atoms with van der Waals surface area (Å²) in [5.41, 5.74) is 0. The first-order valence-electron chi connectivity index (χ1n) is 2.41. The molecule has 0 radical (unpaired) electrons. The average Bonchev–Trinajstić information content (AvgIpc) is 1.66. The van der Waals surface area contributed by atoms with Crippen LogP contribution in [-0.4, -0.2) is 11.5 Å². The number of rotatable bonds is 1. The Labute approximate surface area is 55.5 Å². The summed E-state index contributed by atoms with van der Waals surface area (Å²) < 4.78 is 0.